The summed E-state index contributed by atoms with van der Waals surface area (Å²) in [5.41, 5.74) is 0.998. The van der Waals surface area contributed by atoms with Crippen molar-refractivity contribution in [3.05, 3.63) is 45.9 Å². The van der Waals surface area contributed by atoms with Crippen LogP contribution in [0.4, 0.5) is 5.13 Å². The van der Waals surface area contributed by atoms with Gasteiger partial charge in [-0.25, -0.2) is 13.4 Å². The summed E-state index contributed by atoms with van der Waals surface area (Å²) in [7, 11) is -3.07. The number of amides is 1. The Hall–Kier alpha value is -1.44. The molecule has 1 aliphatic rings. The summed E-state index contributed by atoms with van der Waals surface area (Å²) in [4.78, 5) is 17.3. The minimum Gasteiger partial charge on any atom is -0.302 e. The molecule has 1 aliphatic heterocycles. The van der Waals surface area contributed by atoms with Gasteiger partial charge < -0.3 is 5.32 Å². The normalized spacial score (nSPS) is 19.6. The van der Waals surface area contributed by atoms with Crippen LogP contribution in [0.15, 0.2) is 30.5 Å². The van der Waals surface area contributed by atoms with Crippen molar-refractivity contribution >= 4 is 43.8 Å². The molecular formula is C15H15ClN2O3S2. The lowest BCUT2D eigenvalue weighted by atomic mass is 10.1. The zero-order valence-electron chi connectivity index (χ0n) is 12.2. The van der Waals surface area contributed by atoms with Gasteiger partial charge in [-0.1, -0.05) is 29.8 Å². The van der Waals surface area contributed by atoms with E-state index < -0.39 is 15.8 Å². The van der Waals surface area contributed by atoms with E-state index in [4.69, 9.17) is 11.6 Å². The molecule has 5 nitrogen and oxygen atoms in total. The van der Waals surface area contributed by atoms with Crippen LogP contribution in [-0.2, 0) is 21.1 Å². The topological polar surface area (TPSA) is 76.1 Å². The predicted molar refractivity (Wildman–Crippen MR) is 91.8 cm³/mol. The standard InChI is InChI=1S/C15H15ClN2O3S2/c16-13-4-2-1-3-10(13)7-12-8-17-15(22-12)18-14(19)11-5-6-23(20,21)9-11/h1-4,8,11H,5-7,9H2,(H,17,18,19). The van der Waals surface area contributed by atoms with Crippen LogP contribution in [0.25, 0.3) is 0 Å². The molecule has 1 N–H and O–H groups in total. The van der Waals surface area contributed by atoms with Gasteiger partial charge in [-0.3, -0.25) is 4.79 Å². The Morgan fingerprint density at radius 3 is 2.87 bits per heavy atom. The first-order valence-corrected chi connectivity index (χ1v) is 10.1. The van der Waals surface area contributed by atoms with E-state index >= 15 is 0 Å². The van der Waals surface area contributed by atoms with Gasteiger partial charge in [0.1, 0.15) is 0 Å². The highest BCUT2D eigenvalue weighted by Gasteiger charge is 2.33. The van der Waals surface area contributed by atoms with Gasteiger partial charge in [0.2, 0.25) is 5.91 Å². The van der Waals surface area contributed by atoms with Gasteiger partial charge in [0.15, 0.2) is 15.0 Å². The van der Waals surface area contributed by atoms with Gasteiger partial charge in [-0.2, -0.15) is 0 Å². The number of halogens is 1. The fraction of sp³-hybridized carbons (Fsp3) is 0.333. The number of carbonyl (C=O) groups is 1. The summed E-state index contributed by atoms with van der Waals surface area (Å²) in [6, 6.07) is 7.58. The molecule has 1 fully saturated rings. The number of thiazole rings is 1. The second-order valence-electron chi connectivity index (χ2n) is 5.49. The minimum atomic E-state index is -3.07. The number of nitrogens with zero attached hydrogens (tertiary/aromatic N) is 1. The zero-order valence-corrected chi connectivity index (χ0v) is 14.5. The molecule has 23 heavy (non-hydrogen) atoms. The van der Waals surface area contributed by atoms with Gasteiger partial charge in [-0.05, 0) is 18.1 Å². The van der Waals surface area contributed by atoms with Gasteiger partial charge >= 0.3 is 0 Å². The van der Waals surface area contributed by atoms with Crippen LogP contribution in [0, 0.1) is 5.92 Å². The van der Waals surface area contributed by atoms with Crippen molar-refractivity contribution in [2.75, 3.05) is 16.8 Å². The number of aromatic nitrogens is 1. The van der Waals surface area contributed by atoms with E-state index in [1.807, 2.05) is 24.3 Å². The fourth-order valence-corrected chi connectivity index (χ4v) is 5.27. The highest BCUT2D eigenvalue weighted by atomic mass is 35.5. The molecule has 2 heterocycles. The molecule has 122 valence electrons. The number of anilines is 1. The van der Waals surface area contributed by atoms with E-state index in [0.29, 0.717) is 23.0 Å². The number of carbonyl (C=O) groups excluding carboxylic acids is 1. The summed E-state index contributed by atoms with van der Waals surface area (Å²) in [6.45, 7) is 0. The van der Waals surface area contributed by atoms with Crippen molar-refractivity contribution in [3.63, 3.8) is 0 Å². The first-order chi connectivity index (χ1) is 10.9. The smallest absolute Gasteiger partial charge is 0.230 e. The highest BCUT2D eigenvalue weighted by molar-refractivity contribution is 7.91. The Morgan fingerprint density at radius 2 is 2.17 bits per heavy atom. The summed E-state index contributed by atoms with van der Waals surface area (Å²) < 4.78 is 22.9. The molecule has 0 radical (unpaired) electrons. The van der Waals surface area contributed by atoms with Crippen LogP contribution in [0.2, 0.25) is 5.02 Å². The maximum Gasteiger partial charge on any atom is 0.230 e. The quantitative estimate of drug-likeness (QED) is 0.897. The van der Waals surface area contributed by atoms with Crippen LogP contribution < -0.4 is 5.32 Å². The number of rotatable bonds is 4. The molecule has 0 saturated carbocycles. The van der Waals surface area contributed by atoms with Crippen LogP contribution >= 0.6 is 22.9 Å². The second kappa shape index (κ2) is 6.59. The monoisotopic (exact) mass is 370 g/mol. The zero-order chi connectivity index (χ0) is 16.4. The lowest BCUT2D eigenvalue weighted by Gasteiger charge is -2.06. The molecule has 1 aromatic heterocycles. The molecule has 1 atom stereocenters. The summed E-state index contributed by atoms with van der Waals surface area (Å²) >= 11 is 7.51. The highest BCUT2D eigenvalue weighted by Crippen LogP contribution is 2.26. The molecule has 0 aliphatic carbocycles. The summed E-state index contributed by atoms with van der Waals surface area (Å²) in [5.74, 6) is -0.738. The van der Waals surface area contributed by atoms with E-state index in [0.717, 1.165) is 10.4 Å². The molecule has 1 saturated heterocycles. The van der Waals surface area contributed by atoms with Gasteiger partial charge in [0.05, 0.1) is 17.4 Å². The third kappa shape index (κ3) is 4.10. The Bertz CT molecular complexity index is 833. The van der Waals surface area contributed by atoms with Crippen LogP contribution in [0.3, 0.4) is 0 Å². The number of sulfone groups is 1. The second-order valence-corrected chi connectivity index (χ2v) is 9.24. The molecule has 1 unspecified atom stereocenters. The first kappa shape index (κ1) is 16.4. The minimum absolute atomic E-state index is 0.0727. The van der Waals surface area contributed by atoms with Crippen LogP contribution in [0.5, 0.6) is 0 Å². The van der Waals surface area contributed by atoms with E-state index in [9.17, 15) is 13.2 Å². The van der Waals surface area contributed by atoms with E-state index in [2.05, 4.69) is 10.3 Å². The predicted octanol–water partition coefficient (Wildman–Crippen LogP) is 2.76. The Kier molecular flexibility index (Phi) is 4.70. The van der Waals surface area contributed by atoms with Crippen molar-refractivity contribution < 1.29 is 13.2 Å². The number of benzene rings is 1. The molecule has 1 amide bonds. The maximum atomic E-state index is 12.1. The van der Waals surface area contributed by atoms with Crippen molar-refractivity contribution in [2.24, 2.45) is 5.92 Å². The largest absolute Gasteiger partial charge is 0.302 e. The van der Waals surface area contributed by atoms with Crippen molar-refractivity contribution in [2.45, 2.75) is 12.8 Å². The van der Waals surface area contributed by atoms with E-state index in [1.54, 1.807) is 6.20 Å². The van der Waals surface area contributed by atoms with Crippen LogP contribution in [-0.4, -0.2) is 30.8 Å². The lowest BCUT2D eigenvalue weighted by Crippen LogP contribution is -2.23. The van der Waals surface area contributed by atoms with E-state index in [-0.39, 0.29) is 17.4 Å². The molecule has 3 rings (SSSR count). The van der Waals surface area contributed by atoms with Crippen molar-refractivity contribution in [3.8, 4) is 0 Å². The SMILES string of the molecule is O=C(Nc1ncc(Cc2ccccc2Cl)s1)C1CCS(=O)(=O)C1. The average Bonchev–Trinajstić information content (AvgIpc) is 3.08. The molecule has 0 spiro atoms. The molecule has 8 heteroatoms. The van der Waals surface area contributed by atoms with E-state index in [1.165, 1.54) is 11.3 Å². The van der Waals surface area contributed by atoms with Gasteiger partial charge in [0.25, 0.3) is 0 Å². The Balaban J connectivity index is 1.64. The fourth-order valence-electron chi connectivity index (χ4n) is 2.49. The van der Waals surface area contributed by atoms with Crippen LogP contribution in [0.1, 0.15) is 16.9 Å². The van der Waals surface area contributed by atoms with Crippen molar-refractivity contribution in [1.29, 1.82) is 0 Å². The maximum absolute atomic E-state index is 12.1. The molecule has 0 bridgehead atoms. The summed E-state index contributed by atoms with van der Waals surface area (Å²) in [5, 5.41) is 3.90. The lowest BCUT2D eigenvalue weighted by molar-refractivity contribution is -0.119. The molecule has 2 aromatic rings. The average molecular weight is 371 g/mol. The summed E-state index contributed by atoms with van der Waals surface area (Å²) in [6.07, 6.45) is 2.73. The van der Waals surface area contributed by atoms with Crippen molar-refractivity contribution in [1.82, 2.24) is 4.98 Å². The molecular weight excluding hydrogens is 356 g/mol. The number of hydrogen-bond acceptors (Lipinski definition) is 5. The molecule has 1 aromatic carbocycles. The van der Waals surface area contributed by atoms with Gasteiger partial charge in [-0.15, -0.1) is 11.3 Å². The first-order valence-electron chi connectivity index (χ1n) is 7.12. The Morgan fingerprint density at radius 1 is 1.39 bits per heavy atom. The number of nitrogens with one attached hydrogen (secondary N) is 1. The Labute approximate surface area is 143 Å². The number of hydrogen-bond donors (Lipinski definition) is 1. The third-order valence-electron chi connectivity index (χ3n) is 3.71. The van der Waals surface area contributed by atoms with Gasteiger partial charge in [0, 0.05) is 22.5 Å². The third-order valence-corrected chi connectivity index (χ3v) is 6.76.